The standard InChI is InChI=1S/C25H25N5O5/c1-14(2)11-12-20(23(32)33)26-22(31)21-27-24(30-29-21)28-25(34)35-13-19-17-9-5-3-7-15(17)16-8-4-6-10-18(16)19/h3-11,19-20H,12-13H2,1-2H3,(H,26,31)(H,32,33)(H2,27,28,29,30,34). The van der Waals surface area contributed by atoms with Crippen LogP contribution in [0.3, 0.4) is 0 Å². The van der Waals surface area contributed by atoms with Gasteiger partial charge in [-0.05, 0) is 42.5 Å². The summed E-state index contributed by atoms with van der Waals surface area (Å²) in [7, 11) is 0. The smallest absolute Gasteiger partial charge is 0.414 e. The van der Waals surface area contributed by atoms with E-state index in [2.05, 4.69) is 25.8 Å². The number of benzene rings is 2. The second-order valence-corrected chi connectivity index (χ2v) is 8.34. The number of anilines is 1. The summed E-state index contributed by atoms with van der Waals surface area (Å²) in [5.74, 6) is -2.43. The van der Waals surface area contributed by atoms with E-state index in [0.29, 0.717) is 0 Å². The number of H-pyrrole nitrogens is 1. The molecule has 0 spiro atoms. The van der Waals surface area contributed by atoms with Crippen LogP contribution in [-0.2, 0) is 9.53 Å². The van der Waals surface area contributed by atoms with E-state index in [-0.39, 0.29) is 30.7 Å². The van der Waals surface area contributed by atoms with Crippen LogP contribution in [0.25, 0.3) is 11.1 Å². The van der Waals surface area contributed by atoms with Crippen molar-refractivity contribution in [1.82, 2.24) is 20.5 Å². The summed E-state index contributed by atoms with van der Waals surface area (Å²) in [6, 6.07) is 14.9. The molecule has 4 N–H and O–H groups in total. The molecule has 1 unspecified atom stereocenters. The topological polar surface area (TPSA) is 146 Å². The van der Waals surface area contributed by atoms with Gasteiger partial charge in [-0.3, -0.25) is 15.2 Å². The van der Waals surface area contributed by atoms with E-state index in [9.17, 15) is 19.5 Å². The highest BCUT2D eigenvalue weighted by molar-refractivity contribution is 5.94. The highest BCUT2D eigenvalue weighted by Gasteiger charge is 2.29. The van der Waals surface area contributed by atoms with Crippen LogP contribution in [0.4, 0.5) is 10.7 Å². The van der Waals surface area contributed by atoms with Gasteiger partial charge in [0.1, 0.15) is 12.6 Å². The summed E-state index contributed by atoms with van der Waals surface area (Å²) in [5.41, 5.74) is 5.33. The van der Waals surface area contributed by atoms with Gasteiger partial charge in [-0.25, -0.2) is 9.59 Å². The third kappa shape index (κ3) is 5.37. The molecule has 0 fully saturated rings. The Hall–Kier alpha value is -4.47. The van der Waals surface area contributed by atoms with E-state index in [1.165, 1.54) is 0 Å². The van der Waals surface area contributed by atoms with Crippen LogP contribution in [0, 0.1) is 0 Å². The largest absolute Gasteiger partial charge is 0.480 e. The average molecular weight is 476 g/mol. The van der Waals surface area contributed by atoms with Crippen LogP contribution >= 0.6 is 0 Å². The molecule has 0 aliphatic heterocycles. The molecule has 1 aliphatic carbocycles. The Morgan fingerprint density at radius 1 is 1.09 bits per heavy atom. The summed E-state index contributed by atoms with van der Waals surface area (Å²) in [4.78, 5) is 40.1. The third-order valence-electron chi connectivity index (χ3n) is 5.62. The van der Waals surface area contributed by atoms with Crippen molar-refractivity contribution in [2.75, 3.05) is 11.9 Å². The van der Waals surface area contributed by atoms with Gasteiger partial charge in [0.2, 0.25) is 5.82 Å². The number of hydrogen-bond donors (Lipinski definition) is 4. The molecule has 10 nitrogen and oxygen atoms in total. The van der Waals surface area contributed by atoms with Gasteiger partial charge in [-0.2, -0.15) is 4.98 Å². The minimum absolute atomic E-state index is 0.101. The monoisotopic (exact) mass is 475 g/mol. The maximum Gasteiger partial charge on any atom is 0.414 e. The van der Waals surface area contributed by atoms with Gasteiger partial charge in [-0.1, -0.05) is 60.2 Å². The maximum atomic E-state index is 12.4. The first-order chi connectivity index (χ1) is 16.8. The fourth-order valence-electron chi connectivity index (χ4n) is 3.95. The first-order valence-corrected chi connectivity index (χ1v) is 11.0. The number of rotatable bonds is 8. The molecule has 180 valence electrons. The van der Waals surface area contributed by atoms with E-state index in [4.69, 9.17) is 4.74 Å². The van der Waals surface area contributed by atoms with Crippen molar-refractivity contribution in [2.45, 2.75) is 32.2 Å². The molecule has 3 aromatic rings. The molecule has 4 rings (SSSR count). The zero-order chi connectivity index (χ0) is 24.9. The van der Waals surface area contributed by atoms with Crippen molar-refractivity contribution < 1.29 is 24.2 Å². The van der Waals surface area contributed by atoms with Crippen molar-refractivity contribution in [2.24, 2.45) is 0 Å². The molecule has 0 radical (unpaired) electrons. The Morgan fingerprint density at radius 3 is 2.31 bits per heavy atom. The van der Waals surface area contributed by atoms with E-state index >= 15 is 0 Å². The van der Waals surface area contributed by atoms with Gasteiger partial charge < -0.3 is 15.2 Å². The number of hydrogen-bond acceptors (Lipinski definition) is 6. The zero-order valence-corrected chi connectivity index (χ0v) is 19.2. The molecular weight excluding hydrogens is 450 g/mol. The number of allylic oxidation sites excluding steroid dienone is 1. The van der Waals surface area contributed by atoms with E-state index in [1.807, 2.05) is 62.4 Å². The molecule has 0 bridgehead atoms. The van der Waals surface area contributed by atoms with Crippen molar-refractivity contribution in [1.29, 1.82) is 0 Å². The van der Waals surface area contributed by atoms with Crippen molar-refractivity contribution >= 4 is 23.9 Å². The average Bonchev–Trinajstić information content (AvgIpc) is 3.43. The van der Waals surface area contributed by atoms with Gasteiger partial charge in [0.05, 0.1) is 0 Å². The number of nitrogens with zero attached hydrogens (tertiary/aromatic N) is 2. The lowest BCUT2D eigenvalue weighted by molar-refractivity contribution is -0.139. The first kappa shape index (κ1) is 23.7. The number of nitrogens with one attached hydrogen (secondary N) is 3. The SMILES string of the molecule is CC(C)=CCC(NC(=O)c1nc(NC(=O)OCC2c3ccccc3-c3ccccc32)n[nH]1)C(=O)O. The summed E-state index contributed by atoms with van der Waals surface area (Å²) >= 11 is 0. The molecule has 10 heteroatoms. The minimum atomic E-state index is -1.17. The number of carbonyl (C=O) groups is 3. The van der Waals surface area contributed by atoms with Gasteiger partial charge in [0.25, 0.3) is 11.9 Å². The fourth-order valence-corrected chi connectivity index (χ4v) is 3.95. The number of carbonyl (C=O) groups excluding carboxylic acids is 2. The zero-order valence-electron chi connectivity index (χ0n) is 19.2. The molecule has 2 amide bonds. The number of ether oxygens (including phenoxy) is 1. The highest BCUT2D eigenvalue weighted by atomic mass is 16.5. The summed E-state index contributed by atoms with van der Waals surface area (Å²) in [5, 5.41) is 20.3. The van der Waals surface area contributed by atoms with Gasteiger partial charge in [-0.15, -0.1) is 5.10 Å². The number of aromatic amines is 1. The first-order valence-electron chi connectivity index (χ1n) is 11.0. The second-order valence-electron chi connectivity index (χ2n) is 8.34. The predicted octanol–water partition coefficient (Wildman–Crippen LogP) is 3.71. The lowest BCUT2D eigenvalue weighted by Gasteiger charge is -2.13. The number of carboxylic acid groups (broad SMARTS) is 1. The Kier molecular flexibility index (Phi) is 6.91. The number of carboxylic acids is 1. The molecule has 2 aromatic carbocycles. The van der Waals surface area contributed by atoms with E-state index in [0.717, 1.165) is 27.8 Å². The number of amides is 2. The second kappa shape index (κ2) is 10.2. The predicted molar refractivity (Wildman–Crippen MR) is 128 cm³/mol. The quantitative estimate of drug-likeness (QED) is 0.363. The van der Waals surface area contributed by atoms with E-state index < -0.39 is 24.0 Å². The van der Waals surface area contributed by atoms with Crippen LogP contribution in [0.1, 0.15) is 47.9 Å². The number of fused-ring (bicyclic) bond motifs is 3. The molecule has 1 atom stereocenters. The van der Waals surface area contributed by atoms with Crippen LogP contribution in [-0.4, -0.2) is 50.9 Å². The van der Waals surface area contributed by atoms with Gasteiger partial charge in [0.15, 0.2) is 0 Å². The lowest BCUT2D eigenvalue weighted by atomic mass is 9.98. The molecule has 1 heterocycles. The Bertz CT molecular complexity index is 1250. The fraction of sp³-hybridized carbons (Fsp3) is 0.240. The van der Waals surface area contributed by atoms with Gasteiger partial charge >= 0.3 is 12.1 Å². The Labute approximate surface area is 201 Å². The van der Waals surface area contributed by atoms with Crippen LogP contribution in [0.2, 0.25) is 0 Å². The maximum absolute atomic E-state index is 12.4. The van der Waals surface area contributed by atoms with E-state index in [1.54, 1.807) is 6.08 Å². The highest BCUT2D eigenvalue weighted by Crippen LogP contribution is 2.44. The number of aliphatic carboxylic acids is 1. The van der Waals surface area contributed by atoms with Crippen molar-refractivity contribution in [3.05, 3.63) is 77.1 Å². The van der Waals surface area contributed by atoms with Crippen LogP contribution in [0.15, 0.2) is 60.2 Å². The van der Waals surface area contributed by atoms with Crippen LogP contribution < -0.4 is 10.6 Å². The Balaban J connectivity index is 1.35. The van der Waals surface area contributed by atoms with Crippen molar-refractivity contribution in [3.8, 4) is 11.1 Å². The lowest BCUT2D eigenvalue weighted by Crippen LogP contribution is -2.40. The third-order valence-corrected chi connectivity index (χ3v) is 5.62. The molecular formula is C25H25N5O5. The molecule has 0 saturated heterocycles. The summed E-state index contributed by atoms with van der Waals surface area (Å²) < 4.78 is 5.44. The normalized spacial score (nSPS) is 12.7. The minimum Gasteiger partial charge on any atom is -0.480 e. The number of aromatic nitrogens is 3. The molecule has 1 aliphatic rings. The summed E-state index contributed by atoms with van der Waals surface area (Å²) in [6.45, 7) is 3.78. The van der Waals surface area contributed by atoms with Crippen LogP contribution in [0.5, 0.6) is 0 Å². The Morgan fingerprint density at radius 2 is 1.71 bits per heavy atom. The van der Waals surface area contributed by atoms with Crippen molar-refractivity contribution in [3.63, 3.8) is 0 Å². The molecule has 35 heavy (non-hydrogen) atoms. The van der Waals surface area contributed by atoms with Gasteiger partial charge in [0, 0.05) is 5.92 Å². The summed E-state index contributed by atoms with van der Waals surface area (Å²) in [6.07, 6.45) is 1.07. The molecule has 0 saturated carbocycles. The molecule has 1 aromatic heterocycles.